The summed E-state index contributed by atoms with van der Waals surface area (Å²) < 4.78 is 14.3. The minimum absolute atomic E-state index is 0.238. The lowest BCUT2D eigenvalue weighted by Crippen LogP contribution is -2.44. The van der Waals surface area contributed by atoms with Gasteiger partial charge in [-0.05, 0) is 82.4 Å². The van der Waals surface area contributed by atoms with Crippen LogP contribution in [-0.4, -0.2) is 85.4 Å². The van der Waals surface area contributed by atoms with Crippen molar-refractivity contribution >= 4 is 50.9 Å². The fourth-order valence-electron chi connectivity index (χ4n) is 5.63. The number of nitrogens with zero attached hydrogens (tertiary/aromatic N) is 8. The molecule has 13 heteroatoms. The van der Waals surface area contributed by atoms with Crippen molar-refractivity contribution in [2.75, 3.05) is 50.1 Å². The number of hydrogen-bond acceptors (Lipinski definition) is 11. The van der Waals surface area contributed by atoms with Gasteiger partial charge in [-0.2, -0.15) is 9.50 Å². The highest BCUT2D eigenvalue weighted by molar-refractivity contribution is 5.96. The van der Waals surface area contributed by atoms with Crippen LogP contribution in [0.4, 0.5) is 17.3 Å². The molecule has 47 heavy (non-hydrogen) atoms. The maximum absolute atomic E-state index is 14.0. The van der Waals surface area contributed by atoms with Crippen molar-refractivity contribution in [1.82, 2.24) is 34.0 Å². The molecule has 0 atom stereocenters. The minimum Gasteiger partial charge on any atom is -0.482 e. The minimum atomic E-state index is -0.629. The van der Waals surface area contributed by atoms with E-state index in [0.717, 1.165) is 31.9 Å². The summed E-state index contributed by atoms with van der Waals surface area (Å²) in [5, 5.41) is 4.11. The molecule has 7 rings (SSSR count). The fourth-order valence-corrected chi connectivity index (χ4v) is 5.63. The van der Waals surface area contributed by atoms with Gasteiger partial charge in [0.1, 0.15) is 16.7 Å². The van der Waals surface area contributed by atoms with Gasteiger partial charge in [-0.15, -0.1) is 0 Å². The number of esters is 1. The highest BCUT2D eigenvalue weighted by atomic mass is 16.6. The van der Waals surface area contributed by atoms with E-state index in [-0.39, 0.29) is 23.2 Å². The van der Waals surface area contributed by atoms with Crippen LogP contribution in [-0.2, 0) is 9.53 Å². The Hall–Kier alpha value is -5.56. The van der Waals surface area contributed by atoms with Crippen LogP contribution in [0, 0.1) is 0 Å². The van der Waals surface area contributed by atoms with Crippen molar-refractivity contribution < 1.29 is 14.3 Å². The third-order valence-electron chi connectivity index (χ3n) is 7.88. The second-order valence-electron chi connectivity index (χ2n) is 12.5. The first kappa shape index (κ1) is 30.1. The Kier molecular flexibility index (Phi) is 7.68. The van der Waals surface area contributed by atoms with E-state index < -0.39 is 11.6 Å². The third-order valence-corrected chi connectivity index (χ3v) is 7.88. The first-order valence-electron chi connectivity index (χ1n) is 15.4. The zero-order valence-corrected chi connectivity index (χ0v) is 26.7. The van der Waals surface area contributed by atoms with E-state index in [1.54, 1.807) is 62.0 Å². The number of anilines is 3. The highest BCUT2D eigenvalue weighted by Gasteiger charge is 2.21. The maximum Gasteiger partial charge on any atom is 0.344 e. The van der Waals surface area contributed by atoms with Crippen molar-refractivity contribution in [3.63, 3.8) is 0 Å². The normalized spacial score (nSPS) is 14.2. The van der Waals surface area contributed by atoms with E-state index in [2.05, 4.69) is 49.2 Å². The summed E-state index contributed by atoms with van der Waals surface area (Å²) in [7, 11) is 2.14. The molecule has 13 nitrogen and oxygen atoms in total. The lowest BCUT2D eigenvalue weighted by molar-refractivity contribution is -0.157. The topological polar surface area (TPSA) is 132 Å². The van der Waals surface area contributed by atoms with Gasteiger partial charge in [-0.3, -0.25) is 4.79 Å². The van der Waals surface area contributed by atoms with Crippen molar-refractivity contribution in [1.29, 1.82) is 0 Å². The molecule has 0 saturated carbocycles. The monoisotopic (exact) mass is 633 g/mol. The van der Waals surface area contributed by atoms with Crippen LogP contribution < -0.4 is 20.5 Å². The average molecular weight is 634 g/mol. The molecule has 1 aliphatic heterocycles. The lowest BCUT2D eigenvalue weighted by atomic mass is 10.2. The number of rotatable bonds is 7. The molecule has 1 saturated heterocycles. The molecular formula is C34H35N9O4. The van der Waals surface area contributed by atoms with Crippen molar-refractivity contribution in [2.45, 2.75) is 26.4 Å². The van der Waals surface area contributed by atoms with Crippen LogP contribution in [0.5, 0.6) is 5.75 Å². The summed E-state index contributed by atoms with van der Waals surface area (Å²) in [6.45, 7) is 9.17. The van der Waals surface area contributed by atoms with Crippen molar-refractivity contribution in [2.24, 2.45) is 0 Å². The molecule has 1 aliphatic rings. The second-order valence-corrected chi connectivity index (χ2v) is 12.5. The number of nitrogens with one attached hydrogen (secondary N) is 1. The van der Waals surface area contributed by atoms with Crippen molar-refractivity contribution in [3.05, 3.63) is 83.4 Å². The van der Waals surface area contributed by atoms with Gasteiger partial charge in [0, 0.05) is 55.3 Å². The molecule has 0 radical (unpaired) electrons. The zero-order chi connectivity index (χ0) is 32.7. The van der Waals surface area contributed by atoms with E-state index in [9.17, 15) is 9.59 Å². The van der Waals surface area contributed by atoms with Gasteiger partial charge in [-0.1, -0.05) is 6.07 Å². The average Bonchev–Trinajstić information content (AvgIpc) is 3.38. The Morgan fingerprint density at radius 2 is 1.72 bits per heavy atom. The molecule has 2 aromatic carbocycles. The molecule has 1 fully saturated rings. The van der Waals surface area contributed by atoms with Gasteiger partial charge in [0.15, 0.2) is 23.7 Å². The number of ether oxygens (including phenoxy) is 2. The zero-order valence-electron chi connectivity index (χ0n) is 26.7. The first-order chi connectivity index (χ1) is 22.6. The number of hydrogen-bond donors (Lipinski definition) is 1. The van der Waals surface area contributed by atoms with E-state index in [1.807, 2.05) is 18.2 Å². The smallest absolute Gasteiger partial charge is 0.344 e. The molecule has 0 bridgehead atoms. The van der Waals surface area contributed by atoms with Crippen LogP contribution in [0.2, 0.25) is 0 Å². The number of carbonyl (C=O) groups excluding carboxylic acids is 1. The Labute approximate surface area is 270 Å². The molecule has 5 heterocycles. The quantitative estimate of drug-likeness (QED) is 0.254. The number of carbonyl (C=O) groups is 1. The van der Waals surface area contributed by atoms with Crippen LogP contribution in [0.25, 0.3) is 33.4 Å². The molecule has 6 aromatic rings. The number of pyridine rings is 1. The number of aromatic nitrogens is 6. The molecule has 1 N–H and O–H groups in total. The van der Waals surface area contributed by atoms with Gasteiger partial charge >= 0.3 is 5.97 Å². The van der Waals surface area contributed by atoms with E-state index in [4.69, 9.17) is 14.5 Å². The van der Waals surface area contributed by atoms with Crippen LogP contribution >= 0.6 is 0 Å². The van der Waals surface area contributed by atoms with Gasteiger partial charge in [0.05, 0.1) is 5.52 Å². The van der Waals surface area contributed by atoms with Gasteiger partial charge < -0.3 is 24.6 Å². The summed E-state index contributed by atoms with van der Waals surface area (Å²) in [5.41, 5.74) is 2.26. The summed E-state index contributed by atoms with van der Waals surface area (Å²) in [6, 6.07) is 18.9. The predicted molar refractivity (Wildman–Crippen MR) is 180 cm³/mol. The van der Waals surface area contributed by atoms with Crippen LogP contribution in [0.15, 0.2) is 77.9 Å². The summed E-state index contributed by atoms with van der Waals surface area (Å²) >= 11 is 0. The summed E-state index contributed by atoms with van der Waals surface area (Å²) in [4.78, 5) is 49.5. The number of benzene rings is 2. The molecule has 0 unspecified atom stereocenters. The fraction of sp³-hybridized carbons (Fsp3) is 0.294. The Bertz CT molecular complexity index is 2150. The highest BCUT2D eigenvalue weighted by Crippen LogP contribution is 2.28. The molecule has 240 valence electrons. The SMILES string of the molecule is CN1CCN(c2ccc(Nc3ncc4c(=O)n5c(nc4n3)c3cc(OCC(=O)OC(C)(C)C)ccc3n5-c3ccccn3)cc2)CC1. The number of fused-ring (bicyclic) bond motifs is 4. The Balaban J connectivity index is 1.25. The van der Waals surface area contributed by atoms with Gasteiger partial charge in [-0.25, -0.2) is 24.4 Å². The van der Waals surface area contributed by atoms with E-state index in [0.29, 0.717) is 34.1 Å². The Morgan fingerprint density at radius 1 is 0.936 bits per heavy atom. The van der Waals surface area contributed by atoms with Gasteiger partial charge in [0.2, 0.25) is 5.95 Å². The summed E-state index contributed by atoms with van der Waals surface area (Å²) in [6.07, 6.45) is 3.14. The number of piperazine rings is 1. The molecular weight excluding hydrogens is 598 g/mol. The molecule has 4 aromatic heterocycles. The Morgan fingerprint density at radius 3 is 2.45 bits per heavy atom. The summed E-state index contributed by atoms with van der Waals surface area (Å²) in [5.74, 6) is 0.774. The molecule has 0 aliphatic carbocycles. The molecule has 0 amide bonds. The maximum atomic E-state index is 14.0. The largest absolute Gasteiger partial charge is 0.482 e. The standard InChI is InChI=1S/C34H35N9O4/c1-34(2,3)47-29(44)21-46-24-12-13-27-25(19-24)31-38-30-26(32(45)43(31)42(27)28-7-5-6-14-35-28)20-36-33(39-30)37-22-8-10-23(11-9-22)41-17-15-40(4)16-18-41/h5-14,19-20H,15-18,21H2,1-4H3,(H,36,37,39). The van der Waals surface area contributed by atoms with Crippen LogP contribution in [0.1, 0.15) is 20.8 Å². The second kappa shape index (κ2) is 12.0. The first-order valence-corrected chi connectivity index (χ1v) is 15.4. The number of likely N-dealkylation sites (N-methyl/N-ethyl adjacent to an activating group) is 1. The third kappa shape index (κ3) is 6.17. The van der Waals surface area contributed by atoms with Crippen LogP contribution in [0.3, 0.4) is 0 Å². The van der Waals surface area contributed by atoms with Gasteiger partial charge in [0.25, 0.3) is 5.56 Å². The molecule has 0 spiro atoms. The van der Waals surface area contributed by atoms with E-state index >= 15 is 0 Å². The van der Waals surface area contributed by atoms with Crippen molar-refractivity contribution in [3.8, 4) is 11.6 Å². The lowest BCUT2D eigenvalue weighted by Gasteiger charge is -2.34. The van der Waals surface area contributed by atoms with E-state index in [1.165, 1.54) is 16.4 Å². The predicted octanol–water partition coefficient (Wildman–Crippen LogP) is 4.19.